The molecule has 1 unspecified atom stereocenters. The Labute approximate surface area is 154 Å². The molecule has 1 atom stereocenters. The lowest BCUT2D eigenvalue weighted by molar-refractivity contribution is 0.0768. The Bertz CT molecular complexity index is 774. The average Bonchev–Trinajstić information content (AvgIpc) is 3.39. The third-order valence-corrected chi connectivity index (χ3v) is 5.76. The van der Waals surface area contributed by atoms with E-state index in [1.165, 1.54) is 12.8 Å². The molecule has 1 aromatic carbocycles. The van der Waals surface area contributed by atoms with Crippen molar-refractivity contribution in [3.8, 4) is 0 Å². The van der Waals surface area contributed by atoms with Crippen molar-refractivity contribution >= 4 is 11.6 Å². The molecule has 2 aromatic rings. The van der Waals surface area contributed by atoms with Crippen LogP contribution in [0.5, 0.6) is 0 Å². The predicted molar refractivity (Wildman–Crippen MR) is 101 cm³/mol. The van der Waals surface area contributed by atoms with Crippen LogP contribution in [0, 0.1) is 0 Å². The molecule has 2 aliphatic rings. The molecule has 5 heteroatoms. The van der Waals surface area contributed by atoms with Crippen LogP contribution in [0.25, 0.3) is 0 Å². The highest BCUT2D eigenvalue weighted by atomic mass is 16.3. The average molecular weight is 351 g/mol. The summed E-state index contributed by atoms with van der Waals surface area (Å²) in [5.74, 6) is -0.0442. The Morgan fingerprint density at radius 1 is 1.12 bits per heavy atom. The molecule has 2 saturated heterocycles. The Kier molecular flexibility index (Phi) is 4.64. The number of hydrogen-bond acceptors (Lipinski definition) is 4. The summed E-state index contributed by atoms with van der Waals surface area (Å²) in [4.78, 5) is 21.5. The fraction of sp³-hybridized carbons (Fsp3) is 0.429. The largest absolute Gasteiger partial charge is 0.395 e. The Hall–Kier alpha value is -2.40. The maximum atomic E-state index is 13.0. The van der Waals surface area contributed by atoms with Crippen LogP contribution >= 0.6 is 0 Å². The lowest BCUT2D eigenvalue weighted by Crippen LogP contribution is -2.37. The van der Waals surface area contributed by atoms with E-state index in [2.05, 4.69) is 9.88 Å². The third-order valence-electron chi connectivity index (χ3n) is 5.76. The summed E-state index contributed by atoms with van der Waals surface area (Å²) in [6.45, 7) is 3.31. The number of amides is 1. The highest BCUT2D eigenvalue weighted by molar-refractivity contribution is 5.93. The van der Waals surface area contributed by atoms with Gasteiger partial charge >= 0.3 is 0 Å². The van der Waals surface area contributed by atoms with Crippen LogP contribution in [0.3, 0.4) is 0 Å². The van der Waals surface area contributed by atoms with Gasteiger partial charge < -0.3 is 14.9 Å². The summed E-state index contributed by atoms with van der Waals surface area (Å²) in [6, 6.07) is 13.9. The summed E-state index contributed by atoms with van der Waals surface area (Å²) in [7, 11) is 0. The molecule has 1 N–H and O–H groups in total. The van der Waals surface area contributed by atoms with Crippen molar-refractivity contribution in [1.29, 1.82) is 0 Å². The minimum atomic E-state index is -0.372. The van der Waals surface area contributed by atoms with Gasteiger partial charge in [0, 0.05) is 43.5 Å². The molecule has 1 amide bonds. The van der Waals surface area contributed by atoms with Crippen molar-refractivity contribution in [2.24, 2.45) is 0 Å². The quantitative estimate of drug-likeness (QED) is 0.919. The summed E-state index contributed by atoms with van der Waals surface area (Å²) >= 11 is 0. The number of aromatic nitrogens is 1. The predicted octanol–water partition coefficient (Wildman–Crippen LogP) is 2.46. The molecular weight excluding hydrogens is 326 g/mol. The first-order valence-corrected chi connectivity index (χ1v) is 9.38. The second-order valence-corrected chi connectivity index (χ2v) is 7.37. The lowest BCUT2D eigenvalue weighted by atomic mass is 9.80. The van der Waals surface area contributed by atoms with Gasteiger partial charge in [-0.15, -0.1) is 0 Å². The molecule has 1 aromatic heterocycles. The minimum Gasteiger partial charge on any atom is -0.395 e. The summed E-state index contributed by atoms with van der Waals surface area (Å²) < 4.78 is 0. The molecular formula is C21H25N3O2. The van der Waals surface area contributed by atoms with Crippen LogP contribution in [-0.4, -0.2) is 53.7 Å². The van der Waals surface area contributed by atoms with Gasteiger partial charge in [-0.2, -0.15) is 0 Å². The second kappa shape index (κ2) is 7.08. The summed E-state index contributed by atoms with van der Waals surface area (Å²) in [5.41, 5.74) is 2.30. The lowest BCUT2D eigenvalue weighted by Gasteiger charge is -2.27. The Morgan fingerprint density at radius 2 is 1.88 bits per heavy atom. The first kappa shape index (κ1) is 17.0. The second-order valence-electron chi connectivity index (χ2n) is 7.37. The third kappa shape index (κ3) is 3.07. The normalized spacial score (nSPS) is 22.8. The number of pyridine rings is 1. The summed E-state index contributed by atoms with van der Waals surface area (Å²) in [5, 5.41) is 10.1. The number of likely N-dealkylation sites (tertiary alicyclic amines) is 1. The molecule has 4 rings (SSSR count). The van der Waals surface area contributed by atoms with Crippen molar-refractivity contribution in [3.05, 3.63) is 59.9 Å². The van der Waals surface area contributed by atoms with E-state index in [1.807, 2.05) is 47.4 Å². The van der Waals surface area contributed by atoms with Crippen LogP contribution in [0.15, 0.2) is 48.7 Å². The van der Waals surface area contributed by atoms with Crippen LogP contribution < -0.4 is 4.90 Å². The highest BCUT2D eigenvalue weighted by Gasteiger charge is 2.41. The minimum absolute atomic E-state index is 0.0437. The molecule has 136 valence electrons. The Balaban J connectivity index is 1.53. The number of anilines is 1. The zero-order valence-corrected chi connectivity index (χ0v) is 15.0. The first-order valence-electron chi connectivity index (χ1n) is 9.38. The Morgan fingerprint density at radius 3 is 2.62 bits per heavy atom. The fourth-order valence-electron chi connectivity index (χ4n) is 4.16. The number of benzene rings is 1. The van der Waals surface area contributed by atoms with Crippen molar-refractivity contribution in [3.63, 3.8) is 0 Å². The van der Waals surface area contributed by atoms with Gasteiger partial charge in [0.15, 0.2) is 0 Å². The number of nitrogens with zero attached hydrogens (tertiary/aromatic N) is 3. The van der Waals surface area contributed by atoms with Crippen LogP contribution in [0.4, 0.5) is 5.69 Å². The van der Waals surface area contributed by atoms with Crippen molar-refractivity contribution in [1.82, 2.24) is 9.88 Å². The van der Waals surface area contributed by atoms with E-state index in [0.717, 1.165) is 30.8 Å². The zero-order valence-electron chi connectivity index (χ0n) is 15.0. The number of rotatable bonds is 4. The van der Waals surface area contributed by atoms with E-state index < -0.39 is 0 Å². The van der Waals surface area contributed by atoms with E-state index in [9.17, 15) is 9.90 Å². The number of carbonyl (C=O) groups excluding carboxylic acids is 1. The maximum Gasteiger partial charge on any atom is 0.272 e. The van der Waals surface area contributed by atoms with E-state index in [0.29, 0.717) is 18.8 Å². The van der Waals surface area contributed by atoms with Gasteiger partial charge in [-0.05, 0) is 37.0 Å². The zero-order chi connectivity index (χ0) is 18.0. The van der Waals surface area contributed by atoms with E-state index in [-0.39, 0.29) is 17.9 Å². The van der Waals surface area contributed by atoms with Gasteiger partial charge in [-0.1, -0.05) is 30.3 Å². The van der Waals surface area contributed by atoms with E-state index in [4.69, 9.17) is 0 Å². The van der Waals surface area contributed by atoms with Crippen molar-refractivity contribution in [2.75, 3.05) is 37.7 Å². The molecule has 3 heterocycles. The van der Waals surface area contributed by atoms with Crippen LogP contribution in [-0.2, 0) is 5.41 Å². The molecule has 5 nitrogen and oxygen atoms in total. The fourth-order valence-corrected chi connectivity index (χ4v) is 4.16. The van der Waals surface area contributed by atoms with E-state index in [1.54, 1.807) is 6.20 Å². The standard InChI is InChI=1S/C21H25N3O2/c25-16-21(17-6-2-1-3-7-17)9-13-24(15-21)20(26)19-14-18(8-10-22-19)23-11-4-5-12-23/h1-3,6-8,10,14,25H,4-5,9,11-13,15-16H2. The highest BCUT2D eigenvalue weighted by Crippen LogP contribution is 2.35. The van der Waals surface area contributed by atoms with Crippen LogP contribution in [0.2, 0.25) is 0 Å². The van der Waals surface area contributed by atoms with Crippen molar-refractivity contribution in [2.45, 2.75) is 24.7 Å². The molecule has 26 heavy (non-hydrogen) atoms. The smallest absolute Gasteiger partial charge is 0.272 e. The van der Waals surface area contributed by atoms with Gasteiger partial charge in [0.25, 0.3) is 5.91 Å². The molecule has 2 fully saturated rings. The van der Waals surface area contributed by atoms with Crippen molar-refractivity contribution < 1.29 is 9.90 Å². The molecule has 0 radical (unpaired) electrons. The molecule has 0 bridgehead atoms. The number of carbonyl (C=O) groups is 1. The number of aliphatic hydroxyl groups excluding tert-OH is 1. The van der Waals surface area contributed by atoms with Gasteiger partial charge in [0.2, 0.25) is 0 Å². The number of aliphatic hydroxyl groups is 1. The molecule has 0 spiro atoms. The maximum absolute atomic E-state index is 13.0. The number of hydrogen-bond donors (Lipinski definition) is 1. The van der Waals surface area contributed by atoms with Crippen LogP contribution in [0.1, 0.15) is 35.3 Å². The van der Waals surface area contributed by atoms with Gasteiger partial charge in [0.1, 0.15) is 5.69 Å². The van der Waals surface area contributed by atoms with Gasteiger partial charge in [0.05, 0.1) is 6.61 Å². The molecule has 0 aliphatic carbocycles. The van der Waals surface area contributed by atoms with Gasteiger partial charge in [-0.25, -0.2) is 0 Å². The monoisotopic (exact) mass is 351 g/mol. The van der Waals surface area contributed by atoms with Gasteiger partial charge in [-0.3, -0.25) is 9.78 Å². The topological polar surface area (TPSA) is 56.7 Å². The molecule has 0 saturated carbocycles. The first-order chi connectivity index (χ1) is 12.7. The summed E-state index contributed by atoms with van der Waals surface area (Å²) in [6.07, 6.45) is 4.90. The molecule has 2 aliphatic heterocycles. The van der Waals surface area contributed by atoms with E-state index >= 15 is 0 Å². The SMILES string of the molecule is O=C(c1cc(N2CCCC2)ccn1)N1CCC(CO)(c2ccccc2)C1.